The fourth-order valence-corrected chi connectivity index (χ4v) is 2.55. The molecule has 8 nitrogen and oxygen atoms in total. The molecule has 0 unspecified atom stereocenters. The second-order valence-electron chi connectivity index (χ2n) is 5.16. The molecule has 0 radical (unpaired) electrons. The van der Waals surface area contributed by atoms with E-state index in [0.717, 1.165) is 30.5 Å². The number of nitrogens with one attached hydrogen (secondary N) is 3. The molecule has 0 bridgehead atoms. The number of nitrogens with zero attached hydrogens (tertiary/aromatic N) is 3. The Morgan fingerprint density at radius 2 is 1.90 bits per heavy atom. The summed E-state index contributed by atoms with van der Waals surface area (Å²) in [7, 11) is 3.07. The van der Waals surface area contributed by atoms with Crippen molar-refractivity contribution in [3.63, 3.8) is 0 Å². The monoisotopic (exact) mass is 278 g/mol. The molecule has 0 aliphatic carbocycles. The van der Waals surface area contributed by atoms with Crippen molar-refractivity contribution in [2.45, 2.75) is 18.9 Å². The lowest BCUT2D eigenvalue weighted by atomic mass is 10.1. The first-order valence-corrected chi connectivity index (χ1v) is 6.71. The van der Waals surface area contributed by atoms with E-state index in [9.17, 15) is 9.59 Å². The van der Waals surface area contributed by atoms with Gasteiger partial charge in [0.1, 0.15) is 0 Å². The molecule has 0 amide bonds. The fraction of sp³-hybridized carbons (Fsp3) is 0.583. The topological polar surface area (TPSA) is 96.7 Å². The van der Waals surface area contributed by atoms with Crippen LogP contribution in [-0.2, 0) is 14.1 Å². The van der Waals surface area contributed by atoms with E-state index >= 15 is 0 Å². The van der Waals surface area contributed by atoms with E-state index < -0.39 is 0 Å². The number of hydrogen-bond donors (Lipinski definition) is 3. The van der Waals surface area contributed by atoms with E-state index in [-0.39, 0.29) is 11.2 Å². The lowest BCUT2D eigenvalue weighted by Crippen LogP contribution is -2.36. The summed E-state index contributed by atoms with van der Waals surface area (Å²) in [6, 6.07) is 0.331. The van der Waals surface area contributed by atoms with E-state index in [1.807, 2.05) is 0 Å². The minimum Gasteiger partial charge on any atom is -0.353 e. The number of fused-ring (bicyclic) bond motifs is 1. The van der Waals surface area contributed by atoms with Gasteiger partial charge < -0.3 is 15.6 Å². The molecule has 0 saturated carbocycles. The quantitative estimate of drug-likeness (QED) is 0.663. The molecule has 108 valence electrons. The van der Waals surface area contributed by atoms with E-state index in [1.165, 1.54) is 11.6 Å². The molecule has 1 saturated heterocycles. The zero-order valence-electron chi connectivity index (χ0n) is 11.6. The molecule has 20 heavy (non-hydrogen) atoms. The van der Waals surface area contributed by atoms with Crippen molar-refractivity contribution in [3.8, 4) is 0 Å². The normalized spacial score (nSPS) is 16.7. The van der Waals surface area contributed by atoms with Crippen LogP contribution >= 0.6 is 0 Å². The van der Waals surface area contributed by atoms with Gasteiger partial charge in [-0.3, -0.25) is 13.9 Å². The molecule has 1 aliphatic rings. The van der Waals surface area contributed by atoms with Crippen molar-refractivity contribution in [1.29, 1.82) is 0 Å². The van der Waals surface area contributed by atoms with Crippen LogP contribution in [0.1, 0.15) is 12.8 Å². The zero-order chi connectivity index (χ0) is 14.3. The first kappa shape index (κ1) is 12.9. The second-order valence-corrected chi connectivity index (χ2v) is 5.16. The molecular formula is C12H18N6O2. The van der Waals surface area contributed by atoms with Crippen LogP contribution in [0, 0.1) is 0 Å². The number of hydrogen-bond acceptors (Lipinski definition) is 5. The van der Waals surface area contributed by atoms with Crippen molar-refractivity contribution < 1.29 is 0 Å². The molecule has 0 atom stereocenters. The van der Waals surface area contributed by atoms with Gasteiger partial charge in [-0.05, 0) is 25.9 Å². The van der Waals surface area contributed by atoms with Gasteiger partial charge >= 0.3 is 5.69 Å². The number of rotatable bonds is 2. The Morgan fingerprint density at radius 3 is 2.60 bits per heavy atom. The number of aromatic amines is 1. The minimum atomic E-state index is -0.373. The molecule has 0 aromatic carbocycles. The Morgan fingerprint density at radius 1 is 1.20 bits per heavy atom. The summed E-state index contributed by atoms with van der Waals surface area (Å²) < 4.78 is 2.45. The highest BCUT2D eigenvalue weighted by atomic mass is 16.2. The van der Waals surface area contributed by atoms with E-state index in [2.05, 4.69) is 20.6 Å². The lowest BCUT2D eigenvalue weighted by molar-refractivity contribution is 0.477. The number of H-pyrrole nitrogens is 1. The highest BCUT2D eigenvalue weighted by Crippen LogP contribution is 2.13. The maximum Gasteiger partial charge on any atom is 0.332 e. The number of aromatic nitrogens is 4. The van der Waals surface area contributed by atoms with Gasteiger partial charge in [-0.2, -0.15) is 4.98 Å². The lowest BCUT2D eigenvalue weighted by Gasteiger charge is -2.23. The summed E-state index contributed by atoms with van der Waals surface area (Å²) in [6.45, 7) is 1.94. The van der Waals surface area contributed by atoms with Crippen molar-refractivity contribution in [2.24, 2.45) is 14.1 Å². The first-order valence-electron chi connectivity index (χ1n) is 6.71. The Bertz CT molecular complexity index is 750. The third-order valence-electron chi connectivity index (χ3n) is 3.77. The summed E-state index contributed by atoms with van der Waals surface area (Å²) in [5, 5.41) is 6.58. The second kappa shape index (κ2) is 4.78. The van der Waals surface area contributed by atoms with Crippen LogP contribution in [0.25, 0.3) is 11.2 Å². The molecule has 1 aliphatic heterocycles. The number of anilines is 1. The Labute approximate surface area is 114 Å². The fourth-order valence-electron chi connectivity index (χ4n) is 2.55. The van der Waals surface area contributed by atoms with Crippen molar-refractivity contribution >= 4 is 17.1 Å². The van der Waals surface area contributed by atoms with Crippen molar-refractivity contribution in [3.05, 3.63) is 20.8 Å². The predicted molar refractivity (Wildman–Crippen MR) is 76.1 cm³/mol. The van der Waals surface area contributed by atoms with Crippen molar-refractivity contribution in [1.82, 2.24) is 24.4 Å². The Kier molecular flexibility index (Phi) is 3.09. The summed E-state index contributed by atoms with van der Waals surface area (Å²) in [5.74, 6) is 0.546. The van der Waals surface area contributed by atoms with Gasteiger partial charge in [0.15, 0.2) is 11.2 Å². The SMILES string of the molecule is Cn1c(=O)c2[nH]c(NC3CCNCC3)nc2n(C)c1=O. The van der Waals surface area contributed by atoms with Crippen LogP contribution in [0.2, 0.25) is 0 Å². The van der Waals surface area contributed by atoms with Gasteiger partial charge in [0.05, 0.1) is 0 Å². The molecule has 3 rings (SSSR count). The van der Waals surface area contributed by atoms with E-state index in [1.54, 1.807) is 7.05 Å². The molecule has 2 aromatic heterocycles. The number of aryl methyl sites for hydroxylation is 1. The van der Waals surface area contributed by atoms with Gasteiger partial charge in [-0.15, -0.1) is 0 Å². The minimum absolute atomic E-state index is 0.331. The first-order chi connectivity index (χ1) is 9.58. The molecule has 2 aromatic rings. The number of imidazole rings is 1. The molecular weight excluding hydrogens is 260 g/mol. The molecule has 3 N–H and O–H groups in total. The average Bonchev–Trinajstić information content (AvgIpc) is 2.88. The van der Waals surface area contributed by atoms with Gasteiger partial charge in [0.25, 0.3) is 5.56 Å². The van der Waals surface area contributed by atoms with Crippen LogP contribution in [0.5, 0.6) is 0 Å². The maximum atomic E-state index is 12.0. The Balaban J connectivity index is 2.02. The summed E-state index contributed by atoms with van der Waals surface area (Å²) in [6.07, 6.45) is 2.02. The highest BCUT2D eigenvalue weighted by Gasteiger charge is 2.17. The highest BCUT2D eigenvalue weighted by molar-refractivity contribution is 5.72. The zero-order valence-corrected chi connectivity index (χ0v) is 11.6. The van der Waals surface area contributed by atoms with Crippen LogP contribution < -0.4 is 21.9 Å². The average molecular weight is 278 g/mol. The third kappa shape index (κ3) is 2.01. The summed E-state index contributed by atoms with van der Waals surface area (Å²) in [5.41, 5.74) is 0.0111. The maximum absolute atomic E-state index is 12.0. The van der Waals surface area contributed by atoms with Crippen LogP contribution in [-0.4, -0.2) is 38.2 Å². The van der Waals surface area contributed by atoms with Crippen LogP contribution in [0.4, 0.5) is 5.95 Å². The van der Waals surface area contributed by atoms with Gasteiger partial charge in [-0.25, -0.2) is 4.79 Å². The van der Waals surface area contributed by atoms with E-state index in [4.69, 9.17) is 0 Å². The Hall–Kier alpha value is -2.09. The molecule has 0 spiro atoms. The standard InChI is InChI=1S/C12H18N6O2/c1-17-9-8(10(19)18(2)12(17)20)15-11(16-9)14-7-3-5-13-6-4-7/h7,13H,3-6H2,1-2H3,(H2,14,15,16). The smallest absolute Gasteiger partial charge is 0.332 e. The molecule has 8 heteroatoms. The van der Waals surface area contributed by atoms with Crippen LogP contribution in [0.3, 0.4) is 0 Å². The molecule has 1 fully saturated rings. The van der Waals surface area contributed by atoms with Crippen LogP contribution in [0.15, 0.2) is 9.59 Å². The third-order valence-corrected chi connectivity index (χ3v) is 3.77. The predicted octanol–water partition coefficient (Wildman–Crippen LogP) is -0.876. The van der Waals surface area contributed by atoms with E-state index in [0.29, 0.717) is 23.2 Å². The summed E-state index contributed by atoms with van der Waals surface area (Å²) >= 11 is 0. The van der Waals surface area contributed by atoms with Gasteiger partial charge in [0.2, 0.25) is 5.95 Å². The van der Waals surface area contributed by atoms with Gasteiger partial charge in [0, 0.05) is 20.1 Å². The van der Waals surface area contributed by atoms with Crippen molar-refractivity contribution in [2.75, 3.05) is 18.4 Å². The molecule has 3 heterocycles. The van der Waals surface area contributed by atoms with Gasteiger partial charge in [-0.1, -0.05) is 0 Å². The summed E-state index contributed by atoms with van der Waals surface area (Å²) in [4.78, 5) is 31.2. The largest absolute Gasteiger partial charge is 0.353 e. The number of piperidine rings is 1.